The third-order valence-electron chi connectivity index (χ3n) is 2.26. The summed E-state index contributed by atoms with van der Waals surface area (Å²) in [4.78, 5) is 0. The van der Waals surface area contributed by atoms with Gasteiger partial charge in [0.1, 0.15) is 11.5 Å². The van der Waals surface area contributed by atoms with Gasteiger partial charge >= 0.3 is 0 Å². The lowest BCUT2D eigenvalue weighted by molar-refractivity contribution is 0.395. The normalized spacial score (nSPS) is 11.9. The number of benzene rings is 1. The minimum Gasteiger partial charge on any atom is -0.497 e. The van der Waals surface area contributed by atoms with Crippen molar-refractivity contribution in [3.63, 3.8) is 0 Å². The third-order valence-corrected chi connectivity index (χ3v) is 2.26. The van der Waals surface area contributed by atoms with Crippen LogP contribution in [0.25, 0.3) is 0 Å². The molecule has 0 aliphatic carbocycles. The maximum Gasteiger partial charge on any atom is 0.123 e. The highest BCUT2D eigenvalue weighted by Gasteiger charge is 2.11. The molecule has 0 aromatic heterocycles. The van der Waals surface area contributed by atoms with Crippen LogP contribution in [-0.2, 0) is 0 Å². The van der Waals surface area contributed by atoms with E-state index in [1.54, 1.807) is 20.3 Å². The Morgan fingerprint density at radius 2 is 2.13 bits per heavy atom. The van der Waals surface area contributed by atoms with Crippen molar-refractivity contribution < 1.29 is 9.47 Å². The summed E-state index contributed by atoms with van der Waals surface area (Å²) in [5, 5.41) is 0. The summed E-state index contributed by atoms with van der Waals surface area (Å²) in [5.41, 5.74) is 6.94. The molecule has 0 saturated heterocycles. The molecule has 0 saturated carbocycles. The van der Waals surface area contributed by atoms with E-state index in [-0.39, 0.29) is 6.04 Å². The second-order valence-electron chi connectivity index (χ2n) is 3.24. The molecule has 3 nitrogen and oxygen atoms in total. The van der Waals surface area contributed by atoms with Gasteiger partial charge in [-0.3, -0.25) is 0 Å². The zero-order valence-corrected chi connectivity index (χ0v) is 9.19. The lowest BCUT2D eigenvalue weighted by Crippen LogP contribution is -2.10. The standard InChI is InChI=1S/C12H17NO2/c1-4-5-11(13)10-8-9(14-2)6-7-12(10)15-3/h4,6-8,11H,1,5,13H2,2-3H3/t11-/m1/s1. The summed E-state index contributed by atoms with van der Waals surface area (Å²) < 4.78 is 10.4. The molecule has 0 heterocycles. The largest absolute Gasteiger partial charge is 0.497 e. The number of hydrogen-bond acceptors (Lipinski definition) is 3. The van der Waals surface area contributed by atoms with Gasteiger partial charge in [0.25, 0.3) is 0 Å². The molecule has 0 bridgehead atoms. The van der Waals surface area contributed by atoms with E-state index in [4.69, 9.17) is 15.2 Å². The summed E-state index contributed by atoms with van der Waals surface area (Å²) in [6.45, 7) is 3.67. The van der Waals surface area contributed by atoms with Crippen LogP contribution in [0.3, 0.4) is 0 Å². The fourth-order valence-corrected chi connectivity index (χ4v) is 1.44. The topological polar surface area (TPSA) is 44.5 Å². The van der Waals surface area contributed by atoms with Crippen molar-refractivity contribution in [2.45, 2.75) is 12.5 Å². The quantitative estimate of drug-likeness (QED) is 0.753. The molecule has 0 fully saturated rings. The Labute approximate surface area is 90.5 Å². The first-order valence-corrected chi connectivity index (χ1v) is 4.81. The van der Waals surface area contributed by atoms with Crippen molar-refractivity contribution in [3.05, 3.63) is 36.4 Å². The molecule has 0 spiro atoms. The van der Waals surface area contributed by atoms with E-state index >= 15 is 0 Å². The van der Waals surface area contributed by atoms with Crippen molar-refractivity contribution in [2.24, 2.45) is 5.73 Å². The minimum atomic E-state index is -0.104. The molecule has 0 aliphatic rings. The second kappa shape index (κ2) is 5.41. The summed E-state index contributed by atoms with van der Waals surface area (Å²) in [5.74, 6) is 1.57. The van der Waals surface area contributed by atoms with Crippen LogP contribution in [0.5, 0.6) is 11.5 Å². The average Bonchev–Trinajstić information content (AvgIpc) is 2.28. The summed E-state index contributed by atoms with van der Waals surface area (Å²) >= 11 is 0. The van der Waals surface area contributed by atoms with Gasteiger partial charge in [0.05, 0.1) is 14.2 Å². The first-order chi connectivity index (χ1) is 7.22. The Hall–Kier alpha value is -1.48. The van der Waals surface area contributed by atoms with Gasteiger partial charge in [0, 0.05) is 11.6 Å². The number of methoxy groups -OCH3 is 2. The van der Waals surface area contributed by atoms with Crippen molar-refractivity contribution in [2.75, 3.05) is 14.2 Å². The lowest BCUT2D eigenvalue weighted by Gasteiger charge is -2.15. The van der Waals surface area contributed by atoms with E-state index in [0.717, 1.165) is 17.1 Å². The average molecular weight is 207 g/mol. The molecule has 1 aromatic rings. The van der Waals surface area contributed by atoms with E-state index in [1.807, 2.05) is 18.2 Å². The maximum absolute atomic E-state index is 6.00. The molecular formula is C12H17NO2. The van der Waals surface area contributed by atoms with Crippen molar-refractivity contribution >= 4 is 0 Å². The van der Waals surface area contributed by atoms with E-state index in [1.165, 1.54) is 0 Å². The SMILES string of the molecule is C=CC[C@@H](N)c1cc(OC)ccc1OC. The lowest BCUT2D eigenvalue weighted by atomic mass is 10.0. The number of hydrogen-bond donors (Lipinski definition) is 1. The van der Waals surface area contributed by atoms with Gasteiger partial charge in [-0.25, -0.2) is 0 Å². The second-order valence-corrected chi connectivity index (χ2v) is 3.24. The van der Waals surface area contributed by atoms with E-state index < -0.39 is 0 Å². The first-order valence-electron chi connectivity index (χ1n) is 4.81. The van der Waals surface area contributed by atoms with E-state index in [0.29, 0.717) is 6.42 Å². The van der Waals surface area contributed by atoms with Crippen LogP contribution in [0.2, 0.25) is 0 Å². The molecule has 0 amide bonds. The Balaban J connectivity index is 3.04. The first kappa shape index (κ1) is 11.6. The molecule has 1 atom stereocenters. The van der Waals surface area contributed by atoms with Crippen LogP contribution < -0.4 is 15.2 Å². The molecule has 1 rings (SSSR count). The molecular weight excluding hydrogens is 190 g/mol. The molecule has 3 heteroatoms. The van der Waals surface area contributed by atoms with Gasteiger partial charge in [-0.15, -0.1) is 6.58 Å². The molecule has 0 aliphatic heterocycles. The molecule has 15 heavy (non-hydrogen) atoms. The highest BCUT2D eigenvalue weighted by molar-refractivity contribution is 5.42. The molecule has 82 valence electrons. The zero-order valence-electron chi connectivity index (χ0n) is 9.19. The summed E-state index contributed by atoms with van der Waals surface area (Å²) in [6.07, 6.45) is 2.51. The van der Waals surface area contributed by atoms with Crippen LogP contribution in [0.1, 0.15) is 18.0 Å². The highest BCUT2D eigenvalue weighted by Crippen LogP contribution is 2.29. The van der Waals surface area contributed by atoms with Crippen LogP contribution >= 0.6 is 0 Å². The maximum atomic E-state index is 6.00. The Kier molecular flexibility index (Phi) is 4.18. The minimum absolute atomic E-state index is 0.104. The smallest absolute Gasteiger partial charge is 0.123 e. The van der Waals surface area contributed by atoms with Gasteiger partial charge < -0.3 is 15.2 Å². The fraction of sp³-hybridized carbons (Fsp3) is 0.333. The van der Waals surface area contributed by atoms with Crippen molar-refractivity contribution in [1.29, 1.82) is 0 Å². The van der Waals surface area contributed by atoms with Crippen LogP contribution in [-0.4, -0.2) is 14.2 Å². The van der Waals surface area contributed by atoms with Crippen LogP contribution in [0, 0.1) is 0 Å². The molecule has 0 unspecified atom stereocenters. The van der Waals surface area contributed by atoms with Crippen molar-refractivity contribution in [3.8, 4) is 11.5 Å². The van der Waals surface area contributed by atoms with Crippen LogP contribution in [0.15, 0.2) is 30.9 Å². The third kappa shape index (κ3) is 2.73. The van der Waals surface area contributed by atoms with E-state index in [9.17, 15) is 0 Å². The Bertz CT molecular complexity index is 336. The Morgan fingerprint density at radius 3 is 2.67 bits per heavy atom. The number of nitrogens with two attached hydrogens (primary N) is 1. The molecule has 2 N–H and O–H groups in total. The molecule has 1 aromatic carbocycles. The monoisotopic (exact) mass is 207 g/mol. The van der Waals surface area contributed by atoms with Gasteiger partial charge in [0.15, 0.2) is 0 Å². The predicted octanol–water partition coefficient (Wildman–Crippen LogP) is 2.28. The van der Waals surface area contributed by atoms with E-state index in [2.05, 4.69) is 6.58 Å². The van der Waals surface area contributed by atoms with Crippen LogP contribution in [0.4, 0.5) is 0 Å². The molecule has 0 radical (unpaired) electrons. The summed E-state index contributed by atoms with van der Waals surface area (Å²) in [6, 6.07) is 5.50. The Morgan fingerprint density at radius 1 is 1.40 bits per heavy atom. The highest BCUT2D eigenvalue weighted by atomic mass is 16.5. The van der Waals surface area contributed by atoms with Crippen molar-refractivity contribution in [1.82, 2.24) is 0 Å². The van der Waals surface area contributed by atoms with Gasteiger partial charge in [-0.1, -0.05) is 6.08 Å². The predicted molar refractivity (Wildman–Crippen MR) is 61.3 cm³/mol. The number of ether oxygens (including phenoxy) is 2. The number of rotatable bonds is 5. The fourth-order valence-electron chi connectivity index (χ4n) is 1.44. The summed E-state index contributed by atoms with van der Waals surface area (Å²) in [7, 11) is 3.26. The van der Waals surface area contributed by atoms with Gasteiger partial charge in [-0.2, -0.15) is 0 Å². The van der Waals surface area contributed by atoms with Gasteiger partial charge in [-0.05, 0) is 24.6 Å². The zero-order chi connectivity index (χ0) is 11.3. The van der Waals surface area contributed by atoms with Gasteiger partial charge in [0.2, 0.25) is 0 Å².